The summed E-state index contributed by atoms with van der Waals surface area (Å²) in [5.74, 6) is 0.241. The predicted octanol–water partition coefficient (Wildman–Crippen LogP) is 0.0643. The fourth-order valence-corrected chi connectivity index (χ4v) is 0.655. The van der Waals surface area contributed by atoms with E-state index in [1.165, 1.54) is 0 Å². The molecule has 0 aliphatic carbocycles. The van der Waals surface area contributed by atoms with E-state index in [0.29, 0.717) is 5.69 Å². The molecule has 4 nitrogen and oxygen atoms in total. The summed E-state index contributed by atoms with van der Waals surface area (Å²) in [7, 11) is 0. The molecule has 0 amide bonds. The third kappa shape index (κ3) is 2.35. The molecule has 1 aromatic rings. The third-order valence-corrected chi connectivity index (χ3v) is 1.09. The normalized spacial score (nSPS) is 10.6. The summed E-state index contributed by atoms with van der Waals surface area (Å²) in [4.78, 5) is 7.60. The van der Waals surface area contributed by atoms with Crippen LogP contribution in [0.1, 0.15) is 5.69 Å². The highest BCUT2D eigenvalue weighted by molar-refractivity contribution is 5.45. The Bertz CT molecular complexity index is 260. The lowest BCUT2D eigenvalue weighted by Crippen LogP contribution is -1.94. The molecular weight excluding hydrogens is 142 g/mol. The first-order valence-corrected chi connectivity index (χ1v) is 3.19. The zero-order chi connectivity index (χ0) is 8.10. The average Bonchev–Trinajstić information content (AvgIpc) is 2.01. The molecule has 0 aromatic carbocycles. The Balaban J connectivity index is 2.79. The molecule has 0 aliphatic heterocycles. The first-order valence-electron chi connectivity index (χ1n) is 3.19. The largest absolute Gasteiger partial charge is 0.392 e. The molecule has 0 fully saturated rings. The molecule has 1 aromatic heterocycles. The van der Waals surface area contributed by atoms with Crippen LogP contribution in [0.25, 0.3) is 6.08 Å². The van der Waals surface area contributed by atoms with E-state index in [9.17, 15) is 0 Å². The second-order valence-corrected chi connectivity index (χ2v) is 1.92. The van der Waals surface area contributed by atoms with Gasteiger partial charge in [0.1, 0.15) is 0 Å². The van der Waals surface area contributed by atoms with Crippen LogP contribution in [0.2, 0.25) is 0 Å². The summed E-state index contributed by atoms with van der Waals surface area (Å²) in [6.45, 7) is 0.00388. The van der Waals surface area contributed by atoms with E-state index in [2.05, 4.69) is 9.97 Å². The fourth-order valence-electron chi connectivity index (χ4n) is 0.655. The van der Waals surface area contributed by atoms with Crippen molar-refractivity contribution in [2.24, 2.45) is 0 Å². The van der Waals surface area contributed by atoms with Gasteiger partial charge in [0.25, 0.3) is 0 Å². The van der Waals surface area contributed by atoms with Crippen molar-refractivity contribution < 1.29 is 5.11 Å². The number of aliphatic hydroxyl groups is 1. The zero-order valence-corrected chi connectivity index (χ0v) is 5.94. The molecule has 0 spiro atoms. The molecule has 1 rings (SSSR count). The highest BCUT2D eigenvalue weighted by atomic mass is 16.2. The van der Waals surface area contributed by atoms with Gasteiger partial charge in [0.15, 0.2) is 0 Å². The molecule has 1 heterocycles. The summed E-state index contributed by atoms with van der Waals surface area (Å²) in [5, 5.41) is 8.44. The number of nitrogen functional groups attached to an aromatic ring is 1. The van der Waals surface area contributed by atoms with E-state index in [4.69, 9.17) is 10.8 Å². The van der Waals surface area contributed by atoms with Crippen molar-refractivity contribution in [3.63, 3.8) is 0 Å². The minimum Gasteiger partial charge on any atom is -0.392 e. The van der Waals surface area contributed by atoms with Crippen molar-refractivity contribution in [1.29, 1.82) is 0 Å². The molecule has 0 aliphatic rings. The van der Waals surface area contributed by atoms with E-state index in [-0.39, 0.29) is 12.6 Å². The van der Waals surface area contributed by atoms with Crippen LogP contribution in [0.15, 0.2) is 18.3 Å². The van der Waals surface area contributed by atoms with Crippen molar-refractivity contribution in [1.82, 2.24) is 9.97 Å². The Morgan fingerprint density at radius 2 is 2.45 bits per heavy atom. The number of hydrogen-bond donors (Lipinski definition) is 2. The van der Waals surface area contributed by atoms with Crippen molar-refractivity contribution >= 4 is 12.0 Å². The standard InChI is InChI=1S/C7H9N3O/c8-7-9-4-3-6(10-7)2-1-5-11/h1-4,11H,5H2,(H2,8,9,10). The highest BCUT2D eigenvalue weighted by Crippen LogP contribution is 1.97. The lowest BCUT2D eigenvalue weighted by molar-refractivity contribution is 0.343. The van der Waals surface area contributed by atoms with Gasteiger partial charge in [-0.25, -0.2) is 9.97 Å². The Morgan fingerprint density at radius 3 is 3.09 bits per heavy atom. The van der Waals surface area contributed by atoms with Crippen LogP contribution in [0.4, 0.5) is 5.95 Å². The second kappa shape index (κ2) is 3.68. The van der Waals surface area contributed by atoms with Crippen LogP contribution < -0.4 is 5.73 Å². The van der Waals surface area contributed by atoms with Gasteiger partial charge in [0.2, 0.25) is 5.95 Å². The van der Waals surface area contributed by atoms with Crippen molar-refractivity contribution in [2.45, 2.75) is 0 Å². The molecule has 58 valence electrons. The number of nitrogens with zero attached hydrogens (tertiary/aromatic N) is 2. The van der Waals surface area contributed by atoms with Crippen molar-refractivity contribution in [3.05, 3.63) is 24.0 Å². The SMILES string of the molecule is Nc1nccc(C=CCO)n1. The second-order valence-electron chi connectivity index (χ2n) is 1.92. The molecular formula is C7H9N3O. The van der Waals surface area contributed by atoms with Crippen molar-refractivity contribution in [2.75, 3.05) is 12.3 Å². The van der Waals surface area contributed by atoms with Crippen LogP contribution in [0.3, 0.4) is 0 Å². The van der Waals surface area contributed by atoms with E-state index in [1.807, 2.05) is 0 Å². The van der Waals surface area contributed by atoms with Crippen molar-refractivity contribution in [3.8, 4) is 0 Å². The van der Waals surface area contributed by atoms with Gasteiger partial charge in [0, 0.05) is 6.20 Å². The first-order chi connectivity index (χ1) is 5.33. The Labute approximate surface area is 64.4 Å². The number of anilines is 1. The van der Waals surface area contributed by atoms with Gasteiger partial charge in [0.05, 0.1) is 12.3 Å². The topological polar surface area (TPSA) is 72.0 Å². The average molecular weight is 151 g/mol. The summed E-state index contributed by atoms with van der Waals surface area (Å²) < 4.78 is 0. The third-order valence-electron chi connectivity index (χ3n) is 1.09. The van der Waals surface area contributed by atoms with E-state index in [0.717, 1.165) is 0 Å². The van der Waals surface area contributed by atoms with E-state index in [1.54, 1.807) is 24.4 Å². The lowest BCUT2D eigenvalue weighted by Gasteiger charge is -1.92. The van der Waals surface area contributed by atoms with E-state index < -0.39 is 0 Å². The fraction of sp³-hybridized carbons (Fsp3) is 0.143. The van der Waals surface area contributed by atoms with Gasteiger partial charge in [-0.15, -0.1) is 0 Å². The van der Waals surface area contributed by atoms with Crippen LogP contribution in [-0.4, -0.2) is 21.7 Å². The number of aromatic nitrogens is 2. The highest BCUT2D eigenvalue weighted by Gasteiger charge is 1.88. The summed E-state index contributed by atoms with van der Waals surface area (Å²) in [5.41, 5.74) is 6.01. The molecule has 11 heavy (non-hydrogen) atoms. The molecule has 4 heteroatoms. The molecule has 0 bridgehead atoms. The van der Waals surface area contributed by atoms with Gasteiger partial charge in [-0.05, 0) is 12.1 Å². The number of aliphatic hydroxyl groups excluding tert-OH is 1. The summed E-state index contributed by atoms with van der Waals surface area (Å²) >= 11 is 0. The number of hydrogen-bond acceptors (Lipinski definition) is 4. The Morgan fingerprint density at radius 1 is 1.64 bits per heavy atom. The molecule has 0 saturated heterocycles. The van der Waals surface area contributed by atoms with Crippen LogP contribution in [0, 0.1) is 0 Å². The van der Waals surface area contributed by atoms with E-state index >= 15 is 0 Å². The van der Waals surface area contributed by atoms with Crippen LogP contribution in [-0.2, 0) is 0 Å². The number of nitrogens with two attached hydrogens (primary N) is 1. The maximum atomic E-state index is 8.44. The minimum absolute atomic E-state index is 0.00388. The summed E-state index contributed by atoms with van der Waals surface area (Å²) in [6.07, 6.45) is 4.83. The maximum absolute atomic E-state index is 8.44. The van der Waals surface area contributed by atoms with Crippen LogP contribution >= 0.6 is 0 Å². The van der Waals surface area contributed by atoms with Gasteiger partial charge >= 0.3 is 0 Å². The smallest absolute Gasteiger partial charge is 0.220 e. The lowest BCUT2D eigenvalue weighted by atomic mass is 10.4. The molecule has 3 N–H and O–H groups in total. The Hall–Kier alpha value is -1.42. The number of rotatable bonds is 2. The maximum Gasteiger partial charge on any atom is 0.220 e. The molecule has 0 atom stereocenters. The summed E-state index contributed by atoms with van der Waals surface area (Å²) in [6, 6.07) is 1.71. The minimum atomic E-state index is 0.00388. The molecule has 0 unspecified atom stereocenters. The molecule has 0 saturated carbocycles. The van der Waals surface area contributed by atoms with Gasteiger partial charge in [-0.2, -0.15) is 0 Å². The monoisotopic (exact) mass is 151 g/mol. The van der Waals surface area contributed by atoms with Gasteiger partial charge in [-0.3, -0.25) is 0 Å². The van der Waals surface area contributed by atoms with Crippen LogP contribution in [0.5, 0.6) is 0 Å². The van der Waals surface area contributed by atoms with Gasteiger partial charge in [-0.1, -0.05) is 6.08 Å². The Kier molecular flexibility index (Phi) is 2.57. The van der Waals surface area contributed by atoms with Gasteiger partial charge < -0.3 is 10.8 Å². The molecule has 0 radical (unpaired) electrons. The predicted molar refractivity (Wildman–Crippen MR) is 42.6 cm³/mol. The quantitative estimate of drug-likeness (QED) is 0.627. The zero-order valence-electron chi connectivity index (χ0n) is 5.94. The first kappa shape index (κ1) is 7.68.